The largest absolute Gasteiger partial charge is 0.382 e. The predicted octanol–water partition coefficient (Wildman–Crippen LogP) is 1.52. The minimum atomic E-state index is -0.0958. The van der Waals surface area contributed by atoms with Crippen LogP contribution in [0, 0.1) is 0 Å². The number of hydrogen-bond donors (Lipinski definition) is 2. The summed E-state index contributed by atoms with van der Waals surface area (Å²) in [5.74, 6) is 0.195. The molecule has 0 spiro atoms. The van der Waals surface area contributed by atoms with Crippen molar-refractivity contribution in [2.45, 2.75) is 0 Å². The molecule has 2 rings (SSSR count). The van der Waals surface area contributed by atoms with Gasteiger partial charge in [-0.05, 0) is 12.1 Å². The molecule has 0 amide bonds. The standard InChI is InChI=1S/C7H6N3OS/c8-7-6-4(9-12-10-7)2-1-3-5(6)11/h1-3,9H,(H2,8,10). The van der Waals surface area contributed by atoms with Gasteiger partial charge in [0, 0.05) is 0 Å². The van der Waals surface area contributed by atoms with E-state index in [1.807, 2.05) is 0 Å². The van der Waals surface area contributed by atoms with Crippen LogP contribution in [0.15, 0.2) is 22.6 Å². The first-order chi connectivity index (χ1) is 5.79. The molecule has 0 bridgehead atoms. The van der Waals surface area contributed by atoms with Crippen LogP contribution in [0.3, 0.4) is 0 Å². The van der Waals surface area contributed by atoms with Crippen molar-refractivity contribution in [3.63, 3.8) is 0 Å². The van der Waals surface area contributed by atoms with Crippen molar-refractivity contribution in [2.24, 2.45) is 10.1 Å². The second-order valence-corrected chi connectivity index (χ2v) is 2.92. The van der Waals surface area contributed by atoms with Crippen LogP contribution in [0.25, 0.3) is 0 Å². The van der Waals surface area contributed by atoms with E-state index in [4.69, 9.17) is 5.73 Å². The first-order valence-electron chi connectivity index (χ1n) is 3.35. The molecule has 3 N–H and O–H groups in total. The fourth-order valence-electron chi connectivity index (χ4n) is 1.05. The summed E-state index contributed by atoms with van der Waals surface area (Å²) in [5, 5.41) is 11.3. The quantitative estimate of drug-likeness (QED) is 0.595. The van der Waals surface area contributed by atoms with Crippen molar-refractivity contribution >= 4 is 23.7 Å². The van der Waals surface area contributed by atoms with Gasteiger partial charge in [-0.1, -0.05) is 6.07 Å². The van der Waals surface area contributed by atoms with Gasteiger partial charge in [0.05, 0.1) is 23.4 Å². The fourth-order valence-corrected chi connectivity index (χ4v) is 1.55. The molecule has 0 saturated carbocycles. The van der Waals surface area contributed by atoms with Crippen LogP contribution in [0.5, 0.6) is 5.75 Å². The van der Waals surface area contributed by atoms with Gasteiger partial charge < -0.3 is 10.5 Å². The van der Waals surface area contributed by atoms with Crippen LogP contribution >= 0.6 is 12.1 Å². The van der Waals surface area contributed by atoms with E-state index in [2.05, 4.69) is 9.12 Å². The van der Waals surface area contributed by atoms with Crippen molar-refractivity contribution in [1.82, 2.24) is 0 Å². The highest BCUT2D eigenvalue weighted by Gasteiger charge is 2.16. The van der Waals surface area contributed by atoms with Crippen LogP contribution < -0.4 is 10.5 Å². The van der Waals surface area contributed by atoms with Crippen LogP contribution in [-0.4, -0.2) is 5.84 Å². The number of nitrogens with one attached hydrogen (secondary N) is 1. The van der Waals surface area contributed by atoms with E-state index in [0.717, 1.165) is 17.8 Å². The summed E-state index contributed by atoms with van der Waals surface area (Å²) in [6.07, 6.45) is 0. The molecule has 1 aromatic rings. The average Bonchev–Trinajstić information content (AvgIpc) is 2.04. The zero-order valence-electron chi connectivity index (χ0n) is 6.07. The lowest BCUT2D eigenvalue weighted by Crippen LogP contribution is -2.17. The Morgan fingerprint density at radius 1 is 1.50 bits per heavy atom. The van der Waals surface area contributed by atoms with Crippen molar-refractivity contribution in [3.8, 4) is 5.75 Å². The average molecular weight is 180 g/mol. The van der Waals surface area contributed by atoms with Gasteiger partial charge in [0.15, 0.2) is 5.75 Å². The molecular formula is C7H6N3OS. The van der Waals surface area contributed by atoms with E-state index in [0.29, 0.717) is 11.4 Å². The molecule has 0 atom stereocenters. The number of hydrogen-bond acceptors (Lipinski definition) is 4. The lowest BCUT2D eigenvalue weighted by Gasteiger charge is -2.13. The third kappa shape index (κ3) is 0.984. The molecule has 1 aromatic carbocycles. The maximum absolute atomic E-state index is 11.3. The van der Waals surface area contributed by atoms with E-state index in [-0.39, 0.29) is 5.75 Å². The molecule has 1 aliphatic rings. The van der Waals surface area contributed by atoms with E-state index in [9.17, 15) is 5.11 Å². The molecule has 61 valence electrons. The summed E-state index contributed by atoms with van der Waals surface area (Å²) in [4.78, 5) is 0. The molecule has 1 aliphatic heterocycles. The van der Waals surface area contributed by atoms with Crippen molar-refractivity contribution < 1.29 is 5.11 Å². The molecule has 1 heterocycles. The number of benzene rings is 1. The van der Waals surface area contributed by atoms with E-state index >= 15 is 0 Å². The Kier molecular flexibility index (Phi) is 1.58. The second-order valence-electron chi connectivity index (χ2n) is 2.35. The van der Waals surface area contributed by atoms with Crippen LogP contribution in [-0.2, 0) is 5.11 Å². The smallest absolute Gasteiger partial charge is 0.191 e. The topological polar surface area (TPSA) is 70.3 Å². The third-order valence-electron chi connectivity index (χ3n) is 1.58. The van der Waals surface area contributed by atoms with Gasteiger partial charge in [-0.2, -0.15) is 4.40 Å². The number of amidine groups is 1. The molecule has 5 heteroatoms. The van der Waals surface area contributed by atoms with E-state index < -0.39 is 0 Å². The van der Waals surface area contributed by atoms with E-state index in [1.54, 1.807) is 12.1 Å². The molecule has 4 nitrogen and oxygen atoms in total. The summed E-state index contributed by atoms with van der Waals surface area (Å²) in [7, 11) is 0. The van der Waals surface area contributed by atoms with Crippen LogP contribution in [0.4, 0.5) is 5.69 Å². The zero-order valence-corrected chi connectivity index (χ0v) is 6.89. The zero-order chi connectivity index (χ0) is 8.55. The summed E-state index contributed by atoms with van der Waals surface area (Å²) in [6.45, 7) is 0. The highest BCUT2D eigenvalue weighted by Crippen LogP contribution is 2.31. The normalized spacial score (nSPS) is 14.5. The monoisotopic (exact) mass is 180 g/mol. The number of rotatable bonds is 0. The summed E-state index contributed by atoms with van der Waals surface area (Å²) in [5.41, 5.74) is 6.74. The van der Waals surface area contributed by atoms with Gasteiger partial charge in [-0.3, -0.25) is 5.11 Å². The van der Waals surface area contributed by atoms with Crippen molar-refractivity contribution in [3.05, 3.63) is 23.8 Å². The number of anilines is 1. The molecule has 12 heavy (non-hydrogen) atoms. The number of nitrogens with two attached hydrogens (primary N) is 1. The Morgan fingerprint density at radius 2 is 2.33 bits per heavy atom. The highest BCUT2D eigenvalue weighted by molar-refractivity contribution is 7.99. The molecule has 0 unspecified atom stereocenters. The van der Waals surface area contributed by atoms with Gasteiger partial charge in [-0.15, -0.1) is 0 Å². The molecule has 0 aliphatic carbocycles. The van der Waals surface area contributed by atoms with Gasteiger partial charge in [0.2, 0.25) is 0 Å². The number of nitrogens with zero attached hydrogens (tertiary/aromatic N) is 1. The maximum Gasteiger partial charge on any atom is 0.191 e. The van der Waals surface area contributed by atoms with Crippen molar-refractivity contribution in [1.29, 1.82) is 0 Å². The second kappa shape index (κ2) is 2.60. The Hall–Kier alpha value is -1.36. The first-order valence-corrected chi connectivity index (χ1v) is 4.12. The van der Waals surface area contributed by atoms with Crippen molar-refractivity contribution in [2.75, 3.05) is 4.72 Å². The predicted molar refractivity (Wildman–Crippen MR) is 48.5 cm³/mol. The Morgan fingerprint density at radius 3 is 3.08 bits per heavy atom. The van der Waals surface area contributed by atoms with E-state index in [1.165, 1.54) is 6.07 Å². The lowest BCUT2D eigenvalue weighted by molar-refractivity contribution is 0.354. The highest BCUT2D eigenvalue weighted by atomic mass is 32.2. The Balaban J connectivity index is 2.64. The SMILES string of the molecule is NC1=NSNc2cccc([O])c21. The molecule has 0 saturated heterocycles. The maximum atomic E-state index is 11.3. The van der Waals surface area contributed by atoms with Crippen LogP contribution in [0.2, 0.25) is 0 Å². The lowest BCUT2D eigenvalue weighted by atomic mass is 10.1. The van der Waals surface area contributed by atoms with Crippen LogP contribution in [0.1, 0.15) is 5.56 Å². The summed E-state index contributed by atoms with van der Waals surface area (Å²) < 4.78 is 6.72. The molecule has 1 radical (unpaired) electrons. The van der Waals surface area contributed by atoms with Gasteiger partial charge in [0.25, 0.3) is 0 Å². The number of fused-ring (bicyclic) bond motifs is 1. The minimum absolute atomic E-state index is 0.0958. The third-order valence-corrected chi connectivity index (χ3v) is 2.18. The van der Waals surface area contributed by atoms with Gasteiger partial charge in [0.1, 0.15) is 5.84 Å². The Labute approximate surface area is 73.8 Å². The minimum Gasteiger partial charge on any atom is -0.382 e. The summed E-state index contributed by atoms with van der Waals surface area (Å²) in [6, 6.07) is 4.96. The molecular weight excluding hydrogens is 174 g/mol. The molecule has 0 aromatic heterocycles. The van der Waals surface area contributed by atoms with Gasteiger partial charge in [-0.25, -0.2) is 0 Å². The first kappa shape index (κ1) is 7.30. The summed E-state index contributed by atoms with van der Waals surface area (Å²) >= 11 is 1.13. The molecule has 0 fully saturated rings. The fraction of sp³-hybridized carbons (Fsp3) is 0. The Bertz CT molecular complexity index is 351. The van der Waals surface area contributed by atoms with Gasteiger partial charge >= 0.3 is 0 Å².